The Morgan fingerprint density at radius 1 is 1.11 bits per heavy atom. The minimum absolute atomic E-state index is 0.0465. The zero-order valence-corrected chi connectivity index (χ0v) is 16.4. The molecule has 0 aromatic heterocycles. The van der Waals surface area contributed by atoms with Crippen LogP contribution in [0.2, 0.25) is 0 Å². The lowest BCUT2D eigenvalue weighted by molar-refractivity contribution is -0.121. The van der Waals surface area contributed by atoms with Crippen molar-refractivity contribution in [3.8, 4) is 0 Å². The highest BCUT2D eigenvalue weighted by Gasteiger charge is 2.21. The molecule has 1 aromatic carbocycles. The van der Waals surface area contributed by atoms with Crippen molar-refractivity contribution in [3.63, 3.8) is 0 Å². The standard InChI is InChI=1S/C21H32N4O2/c1-17-5-4-6-18(15-17)16-24-11-13-25(14-12-24)21(27)22-10-9-20(26)23-19-7-2-3-8-19/h4-6,15,19H,2-3,7-14,16H2,1H3,(H,22,27)(H,23,26). The molecule has 0 spiro atoms. The van der Waals surface area contributed by atoms with Gasteiger partial charge in [-0.05, 0) is 25.3 Å². The van der Waals surface area contributed by atoms with Gasteiger partial charge in [0.25, 0.3) is 0 Å². The molecule has 2 N–H and O–H groups in total. The van der Waals surface area contributed by atoms with Gasteiger partial charge in [0.1, 0.15) is 0 Å². The molecular weight excluding hydrogens is 340 g/mol. The summed E-state index contributed by atoms with van der Waals surface area (Å²) in [5, 5.41) is 5.94. The van der Waals surface area contributed by atoms with Crippen LogP contribution in [-0.2, 0) is 11.3 Å². The van der Waals surface area contributed by atoms with Gasteiger partial charge in [-0.3, -0.25) is 9.69 Å². The van der Waals surface area contributed by atoms with E-state index in [2.05, 4.69) is 46.7 Å². The van der Waals surface area contributed by atoms with Crippen LogP contribution in [0.25, 0.3) is 0 Å². The van der Waals surface area contributed by atoms with Crippen LogP contribution < -0.4 is 10.6 Å². The van der Waals surface area contributed by atoms with Crippen molar-refractivity contribution in [2.24, 2.45) is 0 Å². The predicted octanol–water partition coefficient (Wildman–Crippen LogP) is 2.27. The summed E-state index contributed by atoms with van der Waals surface area (Å²) in [6.07, 6.45) is 4.94. The number of carbonyl (C=O) groups is 2. The maximum Gasteiger partial charge on any atom is 0.317 e. The van der Waals surface area contributed by atoms with Crippen LogP contribution in [0.1, 0.15) is 43.2 Å². The number of piperazine rings is 1. The van der Waals surface area contributed by atoms with Crippen molar-refractivity contribution >= 4 is 11.9 Å². The fourth-order valence-corrected chi connectivity index (χ4v) is 3.94. The Kier molecular flexibility index (Phi) is 7.10. The Morgan fingerprint density at radius 3 is 2.56 bits per heavy atom. The molecule has 0 atom stereocenters. The third kappa shape index (κ3) is 6.24. The minimum atomic E-state index is -0.0566. The highest BCUT2D eigenvalue weighted by Crippen LogP contribution is 2.17. The van der Waals surface area contributed by atoms with E-state index in [9.17, 15) is 9.59 Å². The van der Waals surface area contributed by atoms with Gasteiger partial charge < -0.3 is 15.5 Å². The largest absolute Gasteiger partial charge is 0.353 e. The monoisotopic (exact) mass is 372 g/mol. The van der Waals surface area contributed by atoms with Crippen molar-refractivity contribution in [1.82, 2.24) is 20.4 Å². The van der Waals surface area contributed by atoms with Gasteiger partial charge in [0.05, 0.1) is 0 Å². The molecule has 0 unspecified atom stereocenters. The Morgan fingerprint density at radius 2 is 1.85 bits per heavy atom. The van der Waals surface area contributed by atoms with E-state index in [-0.39, 0.29) is 11.9 Å². The second-order valence-electron chi connectivity index (χ2n) is 7.78. The summed E-state index contributed by atoms with van der Waals surface area (Å²) < 4.78 is 0. The number of hydrogen-bond acceptors (Lipinski definition) is 3. The van der Waals surface area contributed by atoms with Crippen LogP contribution in [0.4, 0.5) is 4.79 Å². The fourth-order valence-electron chi connectivity index (χ4n) is 3.94. The molecule has 6 heteroatoms. The molecule has 6 nitrogen and oxygen atoms in total. The molecule has 3 rings (SSSR count). The van der Waals surface area contributed by atoms with Crippen molar-refractivity contribution in [2.75, 3.05) is 32.7 Å². The number of aryl methyl sites for hydroxylation is 1. The SMILES string of the molecule is Cc1cccc(CN2CCN(C(=O)NCCC(=O)NC3CCCC3)CC2)c1. The van der Waals surface area contributed by atoms with E-state index in [0.29, 0.717) is 19.0 Å². The summed E-state index contributed by atoms with van der Waals surface area (Å²) in [4.78, 5) is 28.4. The van der Waals surface area contributed by atoms with Gasteiger partial charge in [-0.15, -0.1) is 0 Å². The molecule has 2 fully saturated rings. The highest BCUT2D eigenvalue weighted by molar-refractivity contribution is 5.78. The number of carbonyl (C=O) groups excluding carboxylic acids is 2. The maximum atomic E-state index is 12.3. The molecule has 1 heterocycles. The van der Waals surface area contributed by atoms with Gasteiger partial charge in [-0.25, -0.2) is 4.79 Å². The number of benzene rings is 1. The third-order valence-electron chi connectivity index (χ3n) is 5.50. The minimum Gasteiger partial charge on any atom is -0.353 e. The lowest BCUT2D eigenvalue weighted by Crippen LogP contribution is -2.51. The summed E-state index contributed by atoms with van der Waals surface area (Å²) in [5.41, 5.74) is 2.60. The molecule has 0 radical (unpaired) electrons. The lowest BCUT2D eigenvalue weighted by Gasteiger charge is -2.34. The van der Waals surface area contributed by atoms with Gasteiger partial charge in [0, 0.05) is 51.7 Å². The first-order chi connectivity index (χ1) is 13.1. The molecule has 27 heavy (non-hydrogen) atoms. The Labute approximate surface area is 162 Å². The zero-order chi connectivity index (χ0) is 19.1. The Hall–Kier alpha value is -2.08. The van der Waals surface area contributed by atoms with E-state index in [1.165, 1.54) is 24.0 Å². The molecule has 3 amide bonds. The van der Waals surface area contributed by atoms with E-state index in [0.717, 1.165) is 45.6 Å². The first kappa shape index (κ1) is 19.7. The molecule has 1 aromatic rings. The quantitative estimate of drug-likeness (QED) is 0.805. The Balaban J connectivity index is 1.31. The van der Waals surface area contributed by atoms with Crippen LogP contribution in [0, 0.1) is 6.92 Å². The highest BCUT2D eigenvalue weighted by atomic mass is 16.2. The van der Waals surface area contributed by atoms with Crippen LogP contribution in [0.15, 0.2) is 24.3 Å². The van der Waals surface area contributed by atoms with E-state index in [1.54, 1.807) is 0 Å². The van der Waals surface area contributed by atoms with Crippen molar-refractivity contribution in [3.05, 3.63) is 35.4 Å². The number of nitrogens with one attached hydrogen (secondary N) is 2. The molecule has 1 aliphatic carbocycles. The van der Waals surface area contributed by atoms with Crippen molar-refractivity contribution in [1.29, 1.82) is 0 Å². The summed E-state index contributed by atoms with van der Waals surface area (Å²) in [6, 6.07) is 8.86. The predicted molar refractivity (Wildman–Crippen MR) is 106 cm³/mol. The second-order valence-corrected chi connectivity index (χ2v) is 7.78. The molecule has 148 valence electrons. The van der Waals surface area contributed by atoms with Crippen LogP contribution >= 0.6 is 0 Å². The second kappa shape index (κ2) is 9.74. The molecule has 1 saturated heterocycles. The molecular formula is C21H32N4O2. The topological polar surface area (TPSA) is 64.7 Å². The first-order valence-corrected chi connectivity index (χ1v) is 10.2. The number of nitrogens with zero attached hydrogens (tertiary/aromatic N) is 2. The maximum absolute atomic E-state index is 12.3. The van der Waals surface area contributed by atoms with E-state index < -0.39 is 0 Å². The molecule has 1 aliphatic heterocycles. The average molecular weight is 373 g/mol. The van der Waals surface area contributed by atoms with E-state index in [4.69, 9.17) is 0 Å². The average Bonchev–Trinajstić information content (AvgIpc) is 3.15. The number of hydrogen-bond donors (Lipinski definition) is 2. The van der Waals surface area contributed by atoms with Gasteiger partial charge >= 0.3 is 6.03 Å². The van der Waals surface area contributed by atoms with E-state index >= 15 is 0 Å². The van der Waals surface area contributed by atoms with E-state index in [1.807, 2.05) is 4.90 Å². The smallest absolute Gasteiger partial charge is 0.317 e. The van der Waals surface area contributed by atoms with Crippen LogP contribution in [-0.4, -0.2) is 60.5 Å². The molecule has 1 saturated carbocycles. The first-order valence-electron chi connectivity index (χ1n) is 10.2. The normalized spacial score (nSPS) is 18.5. The van der Waals surface area contributed by atoms with Crippen LogP contribution in [0.5, 0.6) is 0 Å². The zero-order valence-electron chi connectivity index (χ0n) is 16.4. The number of rotatable bonds is 6. The summed E-state index contributed by atoms with van der Waals surface area (Å²) in [6.45, 7) is 6.66. The number of amides is 3. The number of urea groups is 1. The van der Waals surface area contributed by atoms with Gasteiger partial charge in [-0.2, -0.15) is 0 Å². The molecule has 0 bridgehead atoms. The Bertz CT molecular complexity index is 635. The summed E-state index contributed by atoms with van der Waals surface area (Å²) in [5.74, 6) is 0.0465. The third-order valence-corrected chi connectivity index (χ3v) is 5.50. The van der Waals surface area contributed by atoms with Gasteiger partial charge in [0.2, 0.25) is 5.91 Å². The van der Waals surface area contributed by atoms with Crippen LogP contribution in [0.3, 0.4) is 0 Å². The summed E-state index contributed by atoms with van der Waals surface area (Å²) in [7, 11) is 0. The molecule has 2 aliphatic rings. The van der Waals surface area contributed by atoms with Gasteiger partial charge in [0.15, 0.2) is 0 Å². The van der Waals surface area contributed by atoms with Crippen molar-refractivity contribution in [2.45, 2.75) is 51.6 Å². The lowest BCUT2D eigenvalue weighted by atomic mass is 10.1. The van der Waals surface area contributed by atoms with Gasteiger partial charge in [-0.1, -0.05) is 42.7 Å². The summed E-state index contributed by atoms with van der Waals surface area (Å²) >= 11 is 0. The fraction of sp³-hybridized carbons (Fsp3) is 0.619. The van der Waals surface area contributed by atoms with Crippen molar-refractivity contribution < 1.29 is 9.59 Å².